The minimum atomic E-state index is -0.349. The summed E-state index contributed by atoms with van der Waals surface area (Å²) in [5, 5.41) is 4.75. The van der Waals surface area contributed by atoms with Crippen molar-refractivity contribution in [3.63, 3.8) is 0 Å². The number of carbonyl (C=O) groups is 1. The number of pyridine rings is 1. The van der Waals surface area contributed by atoms with E-state index in [1.807, 2.05) is 30.3 Å². The topological polar surface area (TPSA) is 80.4 Å². The van der Waals surface area contributed by atoms with Gasteiger partial charge >= 0.3 is 0 Å². The zero-order valence-electron chi connectivity index (χ0n) is 13.4. The normalized spacial score (nSPS) is 11.4. The van der Waals surface area contributed by atoms with Crippen molar-refractivity contribution in [3.05, 3.63) is 70.3 Å². The summed E-state index contributed by atoms with van der Waals surface area (Å²) >= 11 is 7.21. The molecule has 0 saturated carbocycles. The summed E-state index contributed by atoms with van der Waals surface area (Å²) in [6.07, 6.45) is 1.67. The van der Waals surface area contributed by atoms with Crippen LogP contribution >= 0.6 is 22.9 Å². The number of nitrogens with zero attached hydrogens (tertiary/aromatic N) is 2. The quantitative estimate of drug-likeness (QED) is 0.533. The predicted octanol–water partition coefficient (Wildman–Crippen LogP) is 4.20. The Labute approximate surface area is 154 Å². The number of thiophene rings is 1. The number of benzene rings is 1. The van der Waals surface area contributed by atoms with E-state index in [9.17, 15) is 4.79 Å². The van der Waals surface area contributed by atoms with Crippen molar-refractivity contribution >= 4 is 40.2 Å². The molecule has 0 unspecified atom stereocenters. The lowest BCUT2D eigenvalue weighted by atomic mass is 10.2. The molecule has 3 N–H and O–H groups in total. The van der Waals surface area contributed by atoms with Gasteiger partial charge in [0.05, 0.1) is 17.1 Å². The van der Waals surface area contributed by atoms with Gasteiger partial charge in [-0.3, -0.25) is 9.78 Å². The maximum atomic E-state index is 12.4. The number of nitrogen functional groups attached to an aromatic ring is 1. The average Bonchev–Trinajstić information content (AvgIpc) is 3.02. The first-order valence-corrected chi connectivity index (χ1v) is 8.65. The van der Waals surface area contributed by atoms with E-state index in [0.717, 1.165) is 10.4 Å². The third kappa shape index (κ3) is 4.04. The minimum absolute atomic E-state index is 0.349. The van der Waals surface area contributed by atoms with Crippen molar-refractivity contribution in [2.45, 2.75) is 6.92 Å². The van der Waals surface area contributed by atoms with Crippen molar-refractivity contribution < 1.29 is 4.79 Å². The Morgan fingerprint density at radius 1 is 1.24 bits per heavy atom. The Hall–Kier alpha value is -2.70. The summed E-state index contributed by atoms with van der Waals surface area (Å²) in [4.78, 5) is 17.9. The van der Waals surface area contributed by atoms with Gasteiger partial charge in [0.1, 0.15) is 4.88 Å². The third-order valence-corrected chi connectivity index (χ3v) is 4.91. The molecule has 7 heteroatoms. The van der Waals surface area contributed by atoms with Gasteiger partial charge in [-0.1, -0.05) is 29.8 Å². The van der Waals surface area contributed by atoms with Crippen LogP contribution in [0.2, 0.25) is 5.02 Å². The van der Waals surface area contributed by atoms with Crippen LogP contribution in [-0.4, -0.2) is 16.6 Å². The number of amides is 1. The molecule has 0 aliphatic heterocycles. The molecule has 0 radical (unpaired) electrons. The van der Waals surface area contributed by atoms with E-state index in [2.05, 4.69) is 15.5 Å². The first-order valence-electron chi connectivity index (χ1n) is 7.46. The molecule has 2 heterocycles. The number of anilines is 1. The molecule has 0 atom stereocenters. The number of halogens is 1. The number of aromatic nitrogens is 1. The lowest BCUT2D eigenvalue weighted by Gasteiger charge is -2.01. The number of nitrogens with one attached hydrogen (secondary N) is 1. The second-order valence-electron chi connectivity index (χ2n) is 5.26. The first kappa shape index (κ1) is 17.1. The molecule has 3 rings (SSSR count). The summed E-state index contributed by atoms with van der Waals surface area (Å²) in [7, 11) is 0. The fourth-order valence-electron chi connectivity index (χ4n) is 2.16. The van der Waals surface area contributed by atoms with Crippen molar-refractivity contribution in [2.75, 3.05) is 5.73 Å². The van der Waals surface area contributed by atoms with E-state index in [0.29, 0.717) is 27.0 Å². The first-order chi connectivity index (χ1) is 12.0. The van der Waals surface area contributed by atoms with Gasteiger partial charge in [-0.15, -0.1) is 11.3 Å². The molecular weight excluding hydrogens is 356 g/mol. The van der Waals surface area contributed by atoms with E-state index in [4.69, 9.17) is 17.3 Å². The second kappa shape index (κ2) is 7.46. The number of carbonyl (C=O) groups excluding carboxylic acids is 1. The maximum Gasteiger partial charge on any atom is 0.283 e. The number of hydrogen-bond donors (Lipinski definition) is 2. The van der Waals surface area contributed by atoms with Gasteiger partial charge in [0, 0.05) is 16.1 Å². The number of rotatable bonds is 4. The number of nitrogens with two attached hydrogens (primary N) is 1. The molecule has 0 aliphatic carbocycles. The highest BCUT2D eigenvalue weighted by molar-refractivity contribution is 7.18. The van der Waals surface area contributed by atoms with Gasteiger partial charge in [-0.25, -0.2) is 5.43 Å². The highest BCUT2D eigenvalue weighted by Crippen LogP contribution is 2.33. The van der Waals surface area contributed by atoms with Crippen LogP contribution in [0.15, 0.2) is 59.8 Å². The van der Waals surface area contributed by atoms with Crippen molar-refractivity contribution in [1.29, 1.82) is 0 Å². The molecule has 5 nitrogen and oxygen atoms in total. The molecule has 0 aliphatic rings. The highest BCUT2D eigenvalue weighted by atomic mass is 35.5. The van der Waals surface area contributed by atoms with Gasteiger partial charge in [-0.2, -0.15) is 5.10 Å². The lowest BCUT2D eigenvalue weighted by Crippen LogP contribution is -2.19. The second-order valence-corrected chi connectivity index (χ2v) is 6.74. The Morgan fingerprint density at radius 3 is 2.68 bits per heavy atom. The fraction of sp³-hybridized carbons (Fsp3) is 0.0556. The Kier molecular flexibility index (Phi) is 5.11. The maximum absolute atomic E-state index is 12.4. The molecule has 126 valence electrons. The van der Waals surface area contributed by atoms with Crippen LogP contribution in [0.4, 0.5) is 5.69 Å². The Balaban J connectivity index is 1.78. The molecule has 0 fully saturated rings. The van der Waals surface area contributed by atoms with Crippen LogP contribution in [0.1, 0.15) is 22.3 Å². The Bertz CT molecular complexity index is 920. The van der Waals surface area contributed by atoms with E-state index in [1.54, 1.807) is 31.3 Å². The number of hydrogen-bond acceptors (Lipinski definition) is 5. The van der Waals surface area contributed by atoms with Gasteiger partial charge in [0.15, 0.2) is 0 Å². The molecular formula is C18H15ClN4OS. The van der Waals surface area contributed by atoms with Gasteiger partial charge in [-0.05, 0) is 42.8 Å². The van der Waals surface area contributed by atoms with E-state index in [-0.39, 0.29) is 5.91 Å². The largest absolute Gasteiger partial charge is 0.397 e. The zero-order valence-corrected chi connectivity index (χ0v) is 14.9. The van der Waals surface area contributed by atoms with Crippen LogP contribution in [-0.2, 0) is 0 Å². The van der Waals surface area contributed by atoms with Crippen LogP contribution in [0.25, 0.3) is 10.4 Å². The van der Waals surface area contributed by atoms with Crippen LogP contribution < -0.4 is 11.2 Å². The monoisotopic (exact) mass is 370 g/mol. The summed E-state index contributed by atoms with van der Waals surface area (Å²) in [6, 6.07) is 14.7. The van der Waals surface area contributed by atoms with Crippen molar-refractivity contribution in [1.82, 2.24) is 10.4 Å². The van der Waals surface area contributed by atoms with Crippen LogP contribution in [0.3, 0.4) is 0 Å². The van der Waals surface area contributed by atoms with Gasteiger partial charge in [0.2, 0.25) is 0 Å². The molecule has 2 aromatic heterocycles. The van der Waals surface area contributed by atoms with Gasteiger partial charge < -0.3 is 5.73 Å². The van der Waals surface area contributed by atoms with E-state index >= 15 is 0 Å². The minimum Gasteiger partial charge on any atom is -0.397 e. The van der Waals surface area contributed by atoms with Gasteiger partial charge in [0.25, 0.3) is 5.91 Å². The van der Waals surface area contributed by atoms with Crippen molar-refractivity contribution in [3.8, 4) is 10.4 Å². The summed E-state index contributed by atoms with van der Waals surface area (Å²) in [5.74, 6) is -0.349. The summed E-state index contributed by atoms with van der Waals surface area (Å²) in [6.45, 7) is 1.78. The fourth-order valence-corrected chi connectivity index (χ4v) is 3.26. The van der Waals surface area contributed by atoms with E-state index in [1.165, 1.54) is 11.3 Å². The number of hydrazone groups is 1. The van der Waals surface area contributed by atoms with Crippen LogP contribution in [0, 0.1) is 0 Å². The van der Waals surface area contributed by atoms with E-state index < -0.39 is 0 Å². The standard InChI is InChI=1S/C18H15ClN4OS/c1-11(15-4-2-3-9-21-15)22-23-18(24)17-14(20)10-16(25-17)12-5-7-13(19)8-6-12/h2-10H,20H2,1H3,(H,23,24)/b22-11-. The van der Waals surface area contributed by atoms with Crippen molar-refractivity contribution in [2.24, 2.45) is 5.10 Å². The predicted molar refractivity (Wildman–Crippen MR) is 103 cm³/mol. The molecule has 3 aromatic rings. The molecule has 0 spiro atoms. The summed E-state index contributed by atoms with van der Waals surface area (Å²) in [5.41, 5.74) is 11.2. The molecule has 0 saturated heterocycles. The third-order valence-electron chi connectivity index (χ3n) is 3.46. The smallest absolute Gasteiger partial charge is 0.283 e. The SMILES string of the molecule is C/C(=N/NC(=O)c1sc(-c2ccc(Cl)cc2)cc1N)c1ccccn1. The average molecular weight is 371 g/mol. The molecule has 1 amide bonds. The zero-order chi connectivity index (χ0) is 17.8. The summed E-state index contributed by atoms with van der Waals surface area (Å²) < 4.78 is 0. The molecule has 1 aromatic carbocycles. The Morgan fingerprint density at radius 2 is 2.00 bits per heavy atom. The highest BCUT2D eigenvalue weighted by Gasteiger charge is 2.15. The molecule has 25 heavy (non-hydrogen) atoms. The van der Waals surface area contributed by atoms with Crippen LogP contribution in [0.5, 0.6) is 0 Å². The lowest BCUT2D eigenvalue weighted by molar-refractivity contribution is 0.0959. The molecule has 0 bridgehead atoms.